The second-order valence-electron chi connectivity index (χ2n) is 7.98. The molecule has 2 aromatic carbocycles. The van der Waals surface area contributed by atoms with E-state index in [2.05, 4.69) is 6.07 Å². The molecule has 0 spiro atoms. The van der Waals surface area contributed by atoms with Crippen LogP contribution in [-0.2, 0) is 25.5 Å². The Morgan fingerprint density at radius 1 is 1.00 bits per heavy atom. The summed E-state index contributed by atoms with van der Waals surface area (Å²) in [7, 11) is 2.43. The monoisotopic (exact) mass is 515 g/mol. The van der Waals surface area contributed by atoms with E-state index in [0.717, 1.165) is 4.88 Å². The Bertz CT molecular complexity index is 1390. The normalized spacial score (nSPS) is 15.3. The Morgan fingerprint density at radius 3 is 2.35 bits per heavy atom. The lowest BCUT2D eigenvalue weighted by molar-refractivity contribution is -0.139. The Labute approximate surface area is 218 Å². The van der Waals surface area contributed by atoms with E-state index in [4.69, 9.17) is 19.9 Å². The second-order valence-corrected chi connectivity index (χ2v) is 9.01. The van der Waals surface area contributed by atoms with Crippen molar-refractivity contribution in [2.24, 2.45) is 5.73 Å². The van der Waals surface area contributed by atoms with E-state index in [1.165, 1.54) is 19.1 Å². The lowest BCUT2D eigenvalue weighted by Crippen LogP contribution is -2.41. The fraction of sp³-hybridized carbons (Fsp3) is 0.179. The van der Waals surface area contributed by atoms with Crippen LogP contribution in [0.25, 0.3) is 0 Å². The van der Waals surface area contributed by atoms with Gasteiger partial charge in [-0.15, -0.1) is 11.3 Å². The molecule has 37 heavy (non-hydrogen) atoms. The number of carbonyl (C=O) groups is 2. The van der Waals surface area contributed by atoms with Gasteiger partial charge in [-0.2, -0.15) is 5.26 Å². The molecular formula is C28H25N3O5S. The molecule has 8 nitrogen and oxygen atoms in total. The maximum atomic E-state index is 13.2. The van der Waals surface area contributed by atoms with Gasteiger partial charge in [0.05, 0.1) is 49.6 Å². The largest absolute Gasteiger partial charge is 0.491 e. The number of benzene rings is 2. The van der Waals surface area contributed by atoms with Crippen molar-refractivity contribution in [3.8, 4) is 11.8 Å². The predicted octanol–water partition coefficient (Wildman–Crippen LogP) is 4.27. The number of carbonyl (C=O) groups excluding carboxylic acids is 2. The van der Waals surface area contributed by atoms with Crippen LogP contribution in [0.2, 0.25) is 0 Å². The van der Waals surface area contributed by atoms with Gasteiger partial charge in [0, 0.05) is 11.3 Å². The third-order valence-corrected chi connectivity index (χ3v) is 6.84. The fourth-order valence-electron chi connectivity index (χ4n) is 4.24. The molecule has 0 saturated carbocycles. The van der Waals surface area contributed by atoms with Gasteiger partial charge in [-0.1, -0.05) is 48.5 Å². The van der Waals surface area contributed by atoms with Crippen LogP contribution < -0.4 is 15.4 Å². The van der Waals surface area contributed by atoms with Crippen molar-refractivity contribution >= 4 is 29.0 Å². The maximum absolute atomic E-state index is 13.2. The summed E-state index contributed by atoms with van der Waals surface area (Å²) < 4.78 is 16.3. The van der Waals surface area contributed by atoms with Gasteiger partial charge in [0.25, 0.3) is 0 Å². The van der Waals surface area contributed by atoms with Crippen LogP contribution >= 0.6 is 11.3 Å². The minimum Gasteiger partial charge on any atom is -0.491 e. The van der Waals surface area contributed by atoms with Gasteiger partial charge in [-0.25, -0.2) is 9.59 Å². The molecule has 188 valence electrons. The van der Waals surface area contributed by atoms with Crippen LogP contribution in [0, 0.1) is 11.3 Å². The van der Waals surface area contributed by atoms with E-state index in [1.807, 2.05) is 23.6 Å². The van der Waals surface area contributed by atoms with Gasteiger partial charge in [0.15, 0.2) is 0 Å². The summed E-state index contributed by atoms with van der Waals surface area (Å²) in [5.41, 5.74) is 7.46. The van der Waals surface area contributed by atoms with E-state index in [-0.39, 0.29) is 22.7 Å². The average Bonchev–Trinajstić information content (AvgIpc) is 3.46. The number of nitriles is 1. The summed E-state index contributed by atoms with van der Waals surface area (Å²) in [5.74, 6) is -2.12. The minimum atomic E-state index is -0.934. The summed E-state index contributed by atoms with van der Waals surface area (Å²) >= 11 is 1.63. The Kier molecular flexibility index (Phi) is 7.91. The van der Waals surface area contributed by atoms with E-state index >= 15 is 0 Å². The predicted molar refractivity (Wildman–Crippen MR) is 140 cm³/mol. The number of para-hydroxylation sites is 2. The van der Waals surface area contributed by atoms with Crippen molar-refractivity contribution in [3.05, 3.63) is 105 Å². The minimum absolute atomic E-state index is 0.0151. The summed E-state index contributed by atoms with van der Waals surface area (Å²) in [6.07, 6.45) is 0.684. The molecule has 1 atom stereocenters. The van der Waals surface area contributed by atoms with E-state index < -0.39 is 17.9 Å². The third kappa shape index (κ3) is 5.06. The summed E-state index contributed by atoms with van der Waals surface area (Å²) in [6, 6.07) is 22.0. The zero-order valence-corrected chi connectivity index (χ0v) is 21.2. The highest BCUT2D eigenvalue weighted by Gasteiger charge is 2.43. The fourth-order valence-corrected chi connectivity index (χ4v) is 4.93. The Morgan fingerprint density at radius 2 is 1.70 bits per heavy atom. The van der Waals surface area contributed by atoms with Crippen LogP contribution in [0.3, 0.4) is 0 Å². The topological polar surface area (TPSA) is 115 Å². The number of allylic oxidation sites excluding steroid dienone is 1. The standard InChI is InChI=1S/C28H25N3O5S/c1-34-27(32)24-23(18-9-4-3-5-10-18)20(17-29)26(30)31(25(24)28(33)35-2)21-12-6-7-13-22(21)36-15-14-19-11-8-16-37-19/h3-13,16,23H,14-15,30H2,1-2H3. The molecule has 0 saturated heterocycles. The highest BCUT2D eigenvalue weighted by Crippen LogP contribution is 2.45. The highest BCUT2D eigenvalue weighted by atomic mass is 32.1. The Hall–Kier alpha value is -4.55. The first-order valence-corrected chi connectivity index (χ1v) is 12.3. The molecule has 0 amide bonds. The molecule has 1 aliphatic heterocycles. The van der Waals surface area contributed by atoms with Crippen molar-refractivity contribution in [2.75, 3.05) is 25.7 Å². The quantitative estimate of drug-likeness (QED) is 0.443. The van der Waals surface area contributed by atoms with Crippen molar-refractivity contribution in [3.63, 3.8) is 0 Å². The number of hydrogen-bond acceptors (Lipinski definition) is 9. The number of nitrogens with zero attached hydrogens (tertiary/aromatic N) is 2. The van der Waals surface area contributed by atoms with Crippen LogP contribution in [-0.4, -0.2) is 32.8 Å². The smallest absolute Gasteiger partial charge is 0.355 e. The first-order chi connectivity index (χ1) is 18.0. The second kappa shape index (κ2) is 11.5. The van der Waals surface area contributed by atoms with E-state index in [1.54, 1.807) is 59.9 Å². The Balaban J connectivity index is 1.89. The molecule has 1 aliphatic rings. The number of thiophene rings is 1. The van der Waals surface area contributed by atoms with E-state index in [9.17, 15) is 14.9 Å². The number of rotatable bonds is 8. The van der Waals surface area contributed by atoms with Gasteiger partial charge in [-0.3, -0.25) is 4.90 Å². The maximum Gasteiger partial charge on any atom is 0.355 e. The molecule has 2 heterocycles. The molecule has 0 radical (unpaired) electrons. The molecule has 1 unspecified atom stereocenters. The molecular weight excluding hydrogens is 490 g/mol. The molecule has 0 fully saturated rings. The molecule has 9 heteroatoms. The number of ether oxygens (including phenoxy) is 3. The van der Waals surface area contributed by atoms with Gasteiger partial charge < -0.3 is 19.9 Å². The van der Waals surface area contributed by atoms with Crippen molar-refractivity contribution < 1.29 is 23.8 Å². The molecule has 4 rings (SSSR count). The van der Waals surface area contributed by atoms with Crippen LogP contribution in [0.15, 0.2) is 94.8 Å². The van der Waals surface area contributed by atoms with Crippen LogP contribution in [0.1, 0.15) is 16.4 Å². The first-order valence-electron chi connectivity index (χ1n) is 11.4. The average molecular weight is 516 g/mol. The number of nitrogens with two attached hydrogens (primary N) is 1. The van der Waals surface area contributed by atoms with Crippen molar-refractivity contribution in [1.82, 2.24) is 0 Å². The van der Waals surface area contributed by atoms with Crippen LogP contribution in [0.4, 0.5) is 5.69 Å². The van der Waals surface area contributed by atoms with E-state index in [0.29, 0.717) is 30.0 Å². The lowest BCUT2D eigenvalue weighted by Gasteiger charge is -2.36. The van der Waals surface area contributed by atoms with Gasteiger partial charge in [0.2, 0.25) is 0 Å². The van der Waals surface area contributed by atoms with Crippen molar-refractivity contribution in [1.29, 1.82) is 5.26 Å². The molecule has 3 aromatic rings. The van der Waals surface area contributed by atoms with Crippen LogP contribution in [0.5, 0.6) is 5.75 Å². The summed E-state index contributed by atoms with van der Waals surface area (Å²) in [6.45, 7) is 0.369. The SMILES string of the molecule is COC(=O)C1=C(C(=O)OC)N(c2ccccc2OCCc2cccs2)C(N)=C(C#N)C1c1ccccc1. The summed E-state index contributed by atoms with van der Waals surface area (Å²) in [5, 5.41) is 12.2. The highest BCUT2D eigenvalue weighted by molar-refractivity contribution is 7.09. The van der Waals surface area contributed by atoms with Gasteiger partial charge in [-0.05, 0) is 29.1 Å². The number of anilines is 1. The molecule has 2 N–H and O–H groups in total. The van der Waals surface area contributed by atoms with Gasteiger partial charge in [0.1, 0.15) is 17.3 Å². The van der Waals surface area contributed by atoms with Gasteiger partial charge >= 0.3 is 11.9 Å². The molecule has 0 aliphatic carbocycles. The number of esters is 2. The molecule has 1 aromatic heterocycles. The summed E-state index contributed by atoms with van der Waals surface area (Å²) in [4.78, 5) is 29.0. The number of methoxy groups -OCH3 is 2. The molecule has 0 bridgehead atoms. The zero-order valence-electron chi connectivity index (χ0n) is 20.3. The number of hydrogen-bond donors (Lipinski definition) is 1. The van der Waals surface area contributed by atoms with Crippen molar-refractivity contribution in [2.45, 2.75) is 12.3 Å². The third-order valence-electron chi connectivity index (χ3n) is 5.90. The lowest BCUT2D eigenvalue weighted by atomic mass is 9.81. The zero-order chi connectivity index (χ0) is 26.4. The first kappa shape index (κ1) is 25.5.